The van der Waals surface area contributed by atoms with Crippen LogP contribution in [0.15, 0.2) is 18.2 Å². The summed E-state index contributed by atoms with van der Waals surface area (Å²) in [6.07, 6.45) is 2.35. The Balaban J connectivity index is 2.35. The van der Waals surface area contributed by atoms with Gasteiger partial charge in [0.05, 0.1) is 11.4 Å². The van der Waals surface area contributed by atoms with Gasteiger partial charge in [-0.25, -0.2) is 9.78 Å². The van der Waals surface area contributed by atoms with Crippen molar-refractivity contribution in [3.05, 3.63) is 45.1 Å². The molecule has 2 aromatic heterocycles. The Morgan fingerprint density at radius 3 is 2.71 bits per heavy atom. The lowest BCUT2D eigenvalue weighted by Crippen LogP contribution is -2.06. The number of thiazole rings is 1. The number of carbonyl (C=O) groups is 1. The van der Waals surface area contributed by atoms with E-state index >= 15 is 0 Å². The fourth-order valence-corrected chi connectivity index (χ4v) is 4.17. The predicted octanol–water partition coefficient (Wildman–Crippen LogP) is 5.24. The lowest BCUT2D eigenvalue weighted by Gasteiger charge is -2.08. The highest BCUT2D eigenvalue weighted by Gasteiger charge is 2.24. The van der Waals surface area contributed by atoms with E-state index in [1.54, 1.807) is 15.7 Å². The molecule has 3 rings (SSSR count). The average molecular weight is 363 g/mol. The van der Waals surface area contributed by atoms with E-state index in [9.17, 15) is 9.90 Å². The van der Waals surface area contributed by atoms with Crippen molar-refractivity contribution in [2.75, 3.05) is 0 Å². The van der Waals surface area contributed by atoms with Gasteiger partial charge in [-0.1, -0.05) is 37.9 Å². The van der Waals surface area contributed by atoms with E-state index in [2.05, 4.69) is 11.9 Å². The van der Waals surface area contributed by atoms with Crippen molar-refractivity contribution in [1.29, 1.82) is 0 Å². The molecule has 1 aromatic carbocycles. The largest absolute Gasteiger partial charge is 0.477 e. The van der Waals surface area contributed by atoms with E-state index in [1.165, 1.54) is 0 Å². The fourth-order valence-electron chi connectivity index (χ4n) is 2.95. The molecule has 0 fully saturated rings. The van der Waals surface area contributed by atoms with E-state index in [0.717, 1.165) is 39.5 Å². The Hall–Kier alpha value is -1.85. The summed E-state index contributed by atoms with van der Waals surface area (Å²) in [7, 11) is 0. The third kappa shape index (κ3) is 2.72. The highest BCUT2D eigenvalue weighted by molar-refractivity contribution is 7.17. The van der Waals surface area contributed by atoms with Gasteiger partial charge in [0.2, 0.25) is 0 Å². The smallest absolute Gasteiger partial charge is 0.354 e. The zero-order valence-corrected chi connectivity index (χ0v) is 15.5. The van der Waals surface area contributed by atoms with Gasteiger partial charge in [-0.2, -0.15) is 0 Å². The zero-order chi connectivity index (χ0) is 17.4. The molecule has 0 spiro atoms. The van der Waals surface area contributed by atoms with E-state index < -0.39 is 5.97 Å². The van der Waals surface area contributed by atoms with Crippen LogP contribution >= 0.6 is 22.9 Å². The lowest BCUT2D eigenvalue weighted by molar-refractivity contribution is 0.0688. The first-order valence-corrected chi connectivity index (χ1v) is 9.20. The maximum Gasteiger partial charge on any atom is 0.354 e. The first-order chi connectivity index (χ1) is 11.5. The standard InChI is InChI=1S/C18H19ClN2O2S/c1-4-6-13-16(17(22)23)21-15(14(5-2)24-18(21)20-13)11-7-8-12(19)10(3)9-11/h7-9H,4-6H2,1-3H3,(H,22,23). The van der Waals surface area contributed by atoms with Gasteiger partial charge in [-0.05, 0) is 37.5 Å². The van der Waals surface area contributed by atoms with Crippen LogP contribution in [0.4, 0.5) is 0 Å². The zero-order valence-electron chi connectivity index (χ0n) is 13.9. The molecule has 0 aliphatic carbocycles. The van der Waals surface area contributed by atoms with E-state index in [4.69, 9.17) is 11.6 Å². The number of hydrogen-bond donors (Lipinski definition) is 1. The van der Waals surface area contributed by atoms with E-state index in [-0.39, 0.29) is 5.69 Å². The SMILES string of the molecule is CCCc1nc2sc(CC)c(-c3ccc(Cl)c(C)c3)n2c1C(=O)O. The summed E-state index contributed by atoms with van der Waals surface area (Å²) in [6.45, 7) is 6.06. The summed E-state index contributed by atoms with van der Waals surface area (Å²) in [6, 6.07) is 5.81. The molecule has 2 heterocycles. The van der Waals surface area contributed by atoms with Gasteiger partial charge in [0, 0.05) is 15.5 Å². The number of benzene rings is 1. The second-order valence-corrected chi connectivity index (χ2v) is 7.24. The second-order valence-electron chi connectivity index (χ2n) is 5.77. The molecule has 1 N–H and O–H groups in total. The molecule has 126 valence electrons. The number of nitrogens with zero attached hydrogens (tertiary/aromatic N) is 2. The number of imidazole rings is 1. The predicted molar refractivity (Wildman–Crippen MR) is 98.6 cm³/mol. The Morgan fingerprint density at radius 2 is 2.12 bits per heavy atom. The Kier molecular flexibility index (Phi) is 4.65. The maximum atomic E-state index is 11.9. The molecule has 4 nitrogen and oxygen atoms in total. The van der Waals surface area contributed by atoms with Crippen LogP contribution in [0.3, 0.4) is 0 Å². The Bertz CT molecular complexity index is 927. The number of hydrogen-bond acceptors (Lipinski definition) is 3. The van der Waals surface area contributed by atoms with Crippen molar-refractivity contribution in [3.8, 4) is 11.3 Å². The van der Waals surface area contributed by atoms with Gasteiger partial charge in [-0.15, -0.1) is 11.3 Å². The second kappa shape index (κ2) is 6.57. The normalized spacial score (nSPS) is 11.3. The van der Waals surface area contributed by atoms with Gasteiger partial charge in [0.15, 0.2) is 10.7 Å². The number of aromatic carboxylic acids is 1. The molecule has 0 bridgehead atoms. The molecule has 0 saturated carbocycles. The maximum absolute atomic E-state index is 11.9. The summed E-state index contributed by atoms with van der Waals surface area (Å²) < 4.78 is 1.81. The highest BCUT2D eigenvalue weighted by atomic mass is 35.5. The molecule has 24 heavy (non-hydrogen) atoms. The molecule has 6 heteroatoms. The quantitative estimate of drug-likeness (QED) is 0.675. The fraction of sp³-hybridized carbons (Fsp3) is 0.333. The third-order valence-electron chi connectivity index (χ3n) is 4.06. The molecular weight excluding hydrogens is 344 g/mol. The molecule has 0 amide bonds. The summed E-state index contributed by atoms with van der Waals surface area (Å²) in [5.41, 5.74) is 3.81. The average Bonchev–Trinajstić information content (AvgIpc) is 3.05. The van der Waals surface area contributed by atoms with Crippen LogP contribution in [-0.2, 0) is 12.8 Å². The van der Waals surface area contributed by atoms with Crippen LogP contribution in [0.25, 0.3) is 16.2 Å². The lowest BCUT2D eigenvalue weighted by atomic mass is 10.1. The van der Waals surface area contributed by atoms with Crippen LogP contribution in [0.5, 0.6) is 0 Å². The number of rotatable bonds is 5. The van der Waals surface area contributed by atoms with Gasteiger partial charge in [0.1, 0.15) is 0 Å². The third-order valence-corrected chi connectivity index (χ3v) is 5.67. The molecule has 0 unspecified atom stereocenters. The van der Waals surface area contributed by atoms with Gasteiger partial charge in [-0.3, -0.25) is 4.40 Å². The Morgan fingerprint density at radius 1 is 1.38 bits per heavy atom. The monoisotopic (exact) mass is 362 g/mol. The minimum absolute atomic E-state index is 0.283. The summed E-state index contributed by atoms with van der Waals surface area (Å²) in [5, 5.41) is 10.5. The molecule has 0 saturated heterocycles. The minimum atomic E-state index is -0.932. The van der Waals surface area contributed by atoms with Crippen LogP contribution in [0.2, 0.25) is 5.02 Å². The van der Waals surface area contributed by atoms with Gasteiger partial charge in [0.25, 0.3) is 0 Å². The number of carboxylic acid groups (broad SMARTS) is 1. The number of halogens is 1. The van der Waals surface area contributed by atoms with Crippen molar-refractivity contribution in [3.63, 3.8) is 0 Å². The number of carboxylic acids is 1. The minimum Gasteiger partial charge on any atom is -0.477 e. The van der Waals surface area contributed by atoms with E-state index in [1.807, 2.05) is 32.0 Å². The summed E-state index contributed by atoms with van der Waals surface area (Å²) in [5.74, 6) is -0.932. The molecule has 0 atom stereocenters. The molecule has 3 aromatic rings. The highest BCUT2D eigenvalue weighted by Crippen LogP contribution is 2.36. The summed E-state index contributed by atoms with van der Waals surface area (Å²) in [4.78, 5) is 18.4. The van der Waals surface area contributed by atoms with Crippen molar-refractivity contribution in [1.82, 2.24) is 9.38 Å². The van der Waals surface area contributed by atoms with Crippen LogP contribution in [0.1, 0.15) is 46.9 Å². The van der Waals surface area contributed by atoms with Crippen LogP contribution < -0.4 is 0 Å². The van der Waals surface area contributed by atoms with Crippen molar-refractivity contribution in [2.45, 2.75) is 40.0 Å². The number of aryl methyl sites for hydroxylation is 3. The first-order valence-electron chi connectivity index (χ1n) is 8.00. The van der Waals surface area contributed by atoms with Gasteiger partial charge < -0.3 is 5.11 Å². The van der Waals surface area contributed by atoms with Crippen LogP contribution in [-0.4, -0.2) is 20.5 Å². The van der Waals surface area contributed by atoms with Crippen LogP contribution in [0, 0.1) is 6.92 Å². The number of fused-ring (bicyclic) bond motifs is 1. The van der Waals surface area contributed by atoms with Crippen molar-refractivity contribution >= 4 is 33.9 Å². The molecule has 0 radical (unpaired) electrons. The first kappa shape index (κ1) is 17.0. The summed E-state index contributed by atoms with van der Waals surface area (Å²) >= 11 is 7.71. The van der Waals surface area contributed by atoms with E-state index in [0.29, 0.717) is 17.1 Å². The topological polar surface area (TPSA) is 54.6 Å². The molecule has 0 aliphatic heterocycles. The number of aromatic nitrogens is 2. The van der Waals surface area contributed by atoms with Crippen molar-refractivity contribution < 1.29 is 9.90 Å². The Labute approximate surface area is 149 Å². The molecule has 0 aliphatic rings. The molecular formula is C18H19ClN2O2S. The van der Waals surface area contributed by atoms with Gasteiger partial charge >= 0.3 is 5.97 Å². The van der Waals surface area contributed by atoms with Crippen molar-refractivity contribution in [2.24, 2.45) is 0 Å².